The van der Waals surface area contributed by atoms with Gasteiger partial charge in [-0.2, -0.15) is 8.42 Å². The summed E-state index contributed by atoms with van der Waals surface area (Å²) in [5.74, 6) is -0.845. The first-order valence-corrected chi connectivity index (χ1v) is 9.29. The Labute approximate surface area is 140 Å². The van der Waals surface area contributed by atoms with Crippen LogP contribution in [0.5, 0.6) is 0 Å². The van der Waals surface area contributed by atoms with Gasteiger partial charge in [0.15, 0.2) is 12.1 Å². The van der Waals surface area contributed by atoms with E-state index >= 15 is 0 Å². The molecule has 3 aliphatic rings. The van der Waals surface area contributed by atoms with Crippen LogP contribution in [0.4, 0.5) is 0 Å². The van der Waals surface area contributed by atoms with Crippen molar-refractivity contribution < 1.29 is 31.5 Å². The average molecular weight is 356 g/mol. The van der Waals surface area contributed by atoms with E-state index in [1.54, 1.807) is 26.0 Å². The number of rotatable bonds is 3. The minimum absolute atomic E-state index is 0.101. The van der Waals surface area contributed by atoms with E-state index in [-0.39, 0.29) is 11.5 Å². The van der Waals surface area contributed by atoms with Crippen molar-refractivity contribution in [3.8, 4) is 0 Å². The van der Waals surface area contributed by atoms with Crippen molar-refractivity contribution in [3.05, 3.63) is 29.8 Å². The zero-order valence-electron chi connectivity index (χ0n) is 13.7. The fraction of sp³-hybridized carbons (Fsp3) is 0.625. The molecule has 0 spiro atoms. The van der Waals surface area contributed by atoms with Crippen LogP contribution < -0.4 is 0 Å². The standard InChI is InChI=1S/C16H20O7S/c1-9-4-6-10(7-5-9)24(17,18)23-12-11-8-19-15(20-11)14-13(12)21-16(2,3)22-14/h4-7,11-15H,8H2,1-3H3/t11-,12-,13+,14+,15-/m1/s1. The Kier molecular flexibility index (Phi) is 3.76. The molecular formula is C16H20O7S. The van der Waals surface area contributed by atoms with Gasteiger partial charge in [-0.05, 0) is 32.9 Å². The van der Waals surface area contributed by atoms with Gasteiger partial charge in [0.05, 0.1) is 11.5 Å². The SMILES string of the molecule is Cc1ccc(S(=O)(=O)O[C@H]2[C@@H]3OC(C)(C)O[C@@H]3[C@@H]3OC[C@H]2O3)cc1. The van der Waals surface area contributed by atoms with Crippen LogP contribution >= 0.6 is 0 Å². The molecule has 3 heterocycles. The van der Waals surface area contributed by atoms with Crippen LogP contribution in [-0.4, -0.2) is 51.5 Å². The third kappa shape index (κ3) is 2.77. The molecule has 0 saturated carbocycles. The fourth-order valence-corrected chi connectivity index (χ4v) is 4.41. The molecule has 2 bridgehead atoms. The smallest absolute Gasteiger partial charge is 0.297 e. The number of aryl methyl sites for hydroxylation is 1. The predicted molar refractivity (Wildman–Crippen MR) is 81.7 cm³/mol. The lowest BCUT2D eigenvalue weighted by molar-refractivity contribution is -0.195. The molecule has 1 aromatic rings. The summed E-state index contributed by atoms with van der Waals surface area (Å²) < 4.78 is 53.7. The second-order valence-corrected chi connectivity index (χ2v) is 8.34. The maximum Gasteiger partial charge on any atom is 0.297 e. The maximum absolute atomic E-state index is 12.6. The Morgan fingerprint density at radius 3 is 2.50 bits per heavy atom. The lowest BCUT2D eigenvalue weighted by Crippen LogP contribution is -2.54. The Bertz CT molecular complexity index is 727. The van der Waals surface area contributed by atoms with Crippen LogP contribution in [0, 0.1) is 6.92 Å². The second-order valence-electron chi connectivity index (χ2n) is 6.77. The van der Waals surface area contributed by atoms with Gasteiger partial charge in [-0.15, -0.1) is 0 Å². The molecule has 3 saturated heterocycles. The molecule has 0 unspecified atom stereocenters. The lowest BCUT2D eigenvalue weighted by Gasteiger charge is -2.34. The number of hydrogen-bond donors (Lipinski definition) is 0. The van der Waals surface area contributed by atoms with Gasteiger partial charge in [0, 0.05) is 0 Å². The summed E-state index contributed by atoms with van der Waals surface area (Å²) in [6.07, 6.45) is -2.96. The quantitative estimate of drug-likeness (QED) is 0.756. The van der Waals surface area contributed by atoms with Crippen LogP contribution in [-0.2, 0) is 33.2 Å². The van der Waals surface area contributed by atoms with Crippen molar-refractivity contribution in [2.24, 2.45) is 0 Å². The van der Waals surface area contributed by atoms with Gasteiger partial charge in [0.2, 0.25) is 0 Å². The molecule has 0 aromatic heterocycles. The van der Waals surface area contributed by atoms with Gasteiger partial charge in [-0.1, -0.05) is 17.7 Å². The minimum Gasteiger partial charge on any atom is -0.347 e. The molecule has 0 amide bonds. The molecule has 7 nitrogen and oxygen atoms in total. The summed E-state index contributed by atoms with van der Waals surface area (Å²) in [7, 11) is -3.95. The van der Waals surface area contributed by atoms with Crippen molar-refractivity contribution in [2.45, 2.75) is 62.2 Å². The Morgan fingerprint density at radius 1 is 1.12 bits per heavy atom. The third-order valence-corrected chi connectivity index (χ3v) is 5.73. The summed E-state index contributed by atoms with van der Waals surface area (Å²) >= 11 is 0. The first kappa shape index (κ1) is 16.4. The number of fused-ring (bicyclic) bond motifs is 4. The number of benzene rings is 1. The van der Waals surface area contributed by atoms with Crippen molar-refractivity contribution in [1.82, 2.24) is 0 Å². The molecule has 0 aliphatic carbocycles. The summed E-state index contributed by atoms with van der Waals surface area (Å²) in [5.41, 5.74) is 0.969. The van der Waals surface area contributed by atoms with E-state index in [1.165, 1.54) is 12.1 Å². The van der Waals surface area contributed by atoms with Crippen LogP contribution in [0.3, 0.4) is 0 Å². The van der Waals surface area contributed by atoms with Crippen LogP contribution in [0.1, 0.15) is 19.4 Å². The van der Waals surface area contributed by atoms with Gasteiger partial charge < -0.3 is 18.9 Å². The molecule has 5 atom stereocenters. The predicted octanol–water partition coefficient (Wildman–Crippen LogP) is 1.34. The Hall–Kier alpha value is -1.03. The minimum atomic E-state index is -3.95. The van der Waals surface area contributed by atoms with Gasteiger partial charge in [0.1, 0.15) is 24.4 Å². The maximum atomic E-state index is 12.6. The van der Waals surface area contributed by atoms with Gasteiger partial charge in [-0.25, -0.2) is 0 Å². The summed E-state index contributed by atoms with van der Waals surface area (Å²) in [4.78, 5) is 0.101. The number of hydrogen-bond acceptors (Lipinski definition) is 7. The molecule has 132 valence electrons. The van der Waals surface area contributed by atoms with Gasteiger partial charge >= 0.3 is 0 Å². The normalized spacial score (nSPS) is 37.4. The van der Waals surface area contributed by atoms with Gasteiger partial charge in [-0.3, -0.25) is 4.18 Å². The molecule has 8 heteroatoms. The summed E-state index contributed by atoms with van der Waals surface area (Å²) in [5, 5.41) is 0. The first-order chi connectivity index (χ1) is 11.3. The Morgan fingerprint density at radius 2 is 1.79 bits per heavy atom. The van der Waals surface area contributed by atoms with Crippen molar-refractivity contribution >= 4 is 10.1 Å². The van der Waals surface area contributed by atoms with Crippen molar-refractivity contribution in [1.29, 1.82) is 0 Å². The summed E-state index contributed by atoms with van der Waals surface area (Å²) in [6, 6.07) is 6.50. The van der Waals surface area contributed by atoms with Crippen molar-refractivity contribution in [3.63, 3.8) is 0 Å². The third-order valence-electron chi connectivity index (χ3n) is 4.40. The highest BCUT2D eigenvalue weighted by Gasteiger charge is 2.60. The van der Waals surface area contributed by atoms with E-state index in [4.69, 9.17) is 23.1 Å². The van der Waals surface area contributed by atoms with E-state index in [0.29, 0.717) is 0 Å². The Balaban J connectivity index is 1.62. The summed E-state index contributed by atoms with van der Waals surface area (Å²) in [6.45, 7) is 5.67. The highest BCUT2D eigenvalue weighted by atomic mass is 32.2. The molecule has 0 radical (unpaired) electrons. The van der Waals surface area contributed by atoms with E-state index in [2.05, 4.69) is 0 Å². The van der Waals surface area contributed by atoms with E-state index in [9.17, 15) is 8.42 Å². The van der Waals surface area contributed by atoms with E-state index in [0.717, 1.165) is 5.56 Å². The molecule has 0 N–H and O–H groups in total. The molecule has 3 aliphatic heterocycles. The lowest BCUT2D eigenvalue weighted by atomic mass is 10.0. The highest BCUT2D eigenvalue weighted by molar-refractivity contribution is 7.86. The molecule has 4 rings (SSSR count). The second kappa shape index (κ2) is 5.48. The van der Waals surface area contributed by atoms with Crippen LogP contribution in [0.15, 0.2) is 29.2 Å². The van der Waals surface area contributed by atoms with Crippen LogP contribution in [0.25, 0.3) is 0 Å². The average Bonchev–Trinajstić information content (AvgIpc) is 3.07. The topological polar surface area (TPSA) is 80.3 Å². The molecule has 24 heavy (non-hydrogen) atoms. The monoisotopic (exact) mass is 356 g/mol. The van der Waals surface area contributed by atoms with Gasteiger partial charge in [0.25, 0.3) is 10.1 Å². The zero-order valence-corrected chi connectivity index (χ0v) is 14.5. The van der Waals surface area contributed by atoms with E-state index < -0.39 is 46.6 Å². The van der Waals surface area contributed by atoms with E-state index in [1.807, 2.05) is 6.92 Å². The molecule has 1 aromatic carbocycles. The number of ether oxygens (including phenoxy) is 4. The zero-order chi connectivity index (χ0) is 17.1. The molecular weight excluding hydrogens is 336 g/mol. The largest absolute Gasteiger partial charge is 0.347 e. The highest BCUT2D eigenvalue weighted by Crippen LogP contribution is 2.42. The van der Waals surface area contributed by atoms with Crippen LogP contribution in [0.2, 0.25) is 0 Å². The fourth-order valence-electron chi connectivity index (χ4n) is 3.30. The van der Waals surface area contributed by atoms with Crippen molar-refractivity contribution in [2.75, 3.05) is 6.61 Å². The molecule has 3 fully saturated rings. The first-order valence-electron chi connectivity index (χ1n) is 7.88.